The van der Waals surface area contributed by atoms with Gasteiger partial charge in [-0.2, -0.15) is 0 Å². The minimum absolute atomic E-state index is 0.166. The number of amides is 3. The number of rotatable bonds is 7. The molecule has 150 valence electrons. The molecular formula is C23H25N3O3. The number of hydrogen-bond acceptors (Lipinski definition) is 3. The van der Waals surface area contributed by atoms with Gasteiger partial charge in [0.15, 0.2) is 0 Å². The molecule has 6 nitrogen and oxygen atoms in total. The van der Waals surface area contributed by atoms with E-state index in [2.05, 4.69) is 10.6 Å². The fourth-order valence-corrected chi connectivity index (χ4v) is 2.93. The highest BCUT2D eigenvalue weighted by molar-refractivity contribution is 5.94. The third-order valence-corrected chi connectivity index (χ3v) is 4.65. The summed E-state index contributed by atoms with van der Waals surface area (Å²) in [7, 11) is 1.76. The molecule has 0 aliphatic carbocycles. The molecule has 0 bridgehead atoms. The molecule has 0 fully saturated rings. The highest BCUT2D eigenvalue weighted by atomic mass is 16.3. The van der Waals surface area contributed by atoms with Gasteiger partial charge < -0.3 is 20.0 Å². The van der Waals surface area contributed by atoms with Crippen molar-refractivity contribution in [2.45, 2.75) is 26.6 Å². The summed E-state index contributed by atoms with van der Waals surface area (Å²) in [6, 6.07) is 18.6. The second-order valence-electron chi connectivity index (χ2n) is 6.90. The van der Waals surface area contributed by atoms with Crippen molar-refractivity contribution in [2.75, 3.05) is 7.05 Å². The lowest BCUT2D eigenvalue weighted by Crippen LogP contribution is -2.36. The van der Waals surface area contributed by atoms with Gasteiger partial charge in [-0.05, 0) is 47.9 Å². The molecule has 1 aromatic heterocycles. The van der Waals surface area contributed by atoms with Gasteiger partial charge in [-0.25, -0.2) is 4.79 Å². The Labute approximate surface area is 170 Å². The Morgan fingerprint density at radius 2 is 1.79 bits per heavy atom. The summed E-state index contributed by atoms with van der Waals surface area (Å²) in [4.78, 5) is 26.4. The highest BCUT2D eigenvalue weighted by Gasteiger charge is 2.11. The third kappa shape index (κ3) is 5.72. The molecular weight excluding hydrogens is 366 g/mol. The zero-order chi connectivity index (χ0) is 20.6. The predicted molar refractivity (Wildman–Crippen MR) is 111 cm³/mol. The Kier molecular flexibility index (Phi) is 6.68. The van der Waals surface area contributed by atoms with Gasteiger partial charge in [0.1, 0.15) is 5.76 Å². The maximum absolute atomic E-state index is 12.4. The molecule has 0 saturated heterocycles. The quantitative estimate of drug-likeness (QED) is 0.642. The van der Waals surface area contributed by atoms with Crippen LogP contribution in [0.3, 0.4) is 0 Å². The monoisotopic (exact) mass is 391 g/mol. The molecule has 3 amide bonds. The fraction of sp³-hybridized carbons (Fsp3) is 0.217. The first-order chi connectivity index (χ1) is 14.0. The summed E-state index contributed by atoms with van der Waals surface area (Å²) in [5.41, 5.74) is 3.66. The topological polar surface area (TPSA) is 74.6 Å². The fourth-order valence-electron chi connectivity index (χ4n) is 2.93. The van der Waals surface area contributed by atoms with Crippen molar-refractivity contribution in [3.8, 4) is 0 Å². The standard InChI is InChI=1S/C23H25N3O3/c1-17-7-3-4-9-20(17)16-26(2)23(28)25-14-18-8-5-10-19(13-18)22(27)24-15-21-11-6-12-29-21/h3-13H,14-16H2,1-2H3,(H,24,27)(H,25,28). The smallest absolute Gasteiger partial charge is 0.317 e. The van der Waals surface area contributed by atoms with Gasteiger partial charge in [0, 0.05) is 25.7 Å². The maximum atomic E-state index is 12.4. The van der Waals surface area contributed by atoms with Gasteiger partial charge >= 0.3 is 6.03 Å². The molecule has 6 heteroatoms. The Morgan fingerprint density at radius 1 is 0.966 bits per heavy atom. The van der Waals surface area contributed by atoms with Crippen LogP contribution in [0.2, 0.25) is 0 Å². The van der Waals surface area contributed by atoms with Gasteiger partial charge in [0.05, 0.1) is 12.8 Å². The van der Waals surface area contributed by atoms with Gasteiger partial charge in [-0.15, -0.1) is 0 Å². The molecule has 0 spiro atoms. The lowest BCUT2D eigenvalue weighted by Gasteiger charge is -2.19. The summed E-state index contributed by atoms with van der Waals surface area (Å²) in [6.45, 7) is 3.24. The van der Waals surface area contributed by atoms with Crippen LogP contribution in [0.15, 0.2) is 71.3 Å². The normalized spacial score (nSPS) is 10.4. The number of carbonyl (C=O) groups excluding carboxylic acids is 2. The van der Waals surface area contributed by atoms with Gasteiger partial charge in [0.25, 0.3) is 5.91 Å². The summed E-state index contributed by atoms with van der Waals surface area (Å²) in [5, 5.41) is 5.72. The molecule has 2 N–H and O–H groups in total. The minimum atomic E-state index is -0.189. The van der Waals surface area contributed by atoms with E-state index in [9.17, 15) is 9.59 Å². The number of furan rings is 1. The molecule has 3 rings (SSSR count). The summed E-state index contributed by atoms with van der Waals surface area (Å²) in [6.07, 6.45) is 1.57. The Balaban J connectivity index is 1.52. The Hall–Kier alpha value is -3.54. The molecule has 2 aromatic carbocycles. The van der Waals surface area contributed by atoms with Gasteiger partial charge in [-0.1, -0.05) is 36.4 Å². The van der Waals surface area contributed by atoms with Crippen molar-refractivity contribution >= 4 is 11.9 Å². The second kappa shape index (κ2) is 9.59. The molecule has 0 radical (unpaired) electrons. The number of urea groups is 1. The van der Waals surface area contributed by atoms with E-state index in [0.717, 1.165) is 16.7 Å². The Morgan fingerprint density at radius 3 is 2.55 bits per heavy atom. The predicted octanol–water partition coefficient (Wildman–Crippen LogP) is 3.86. The van der Waals surface area contributed by atoms with E-state index in [4.69, 9.17) is 4.42 Å². The number of nitrogens with zero attached hydrogens (tertiary/aromatic N) is 1. The van der Waals surface area contributed by atoms with Gasteiger partial charge in [-0.3, -0.25) is 4.79 Å². The average molecular weight is 391 g/mol. The molecule has 0 unspecified atom stereocenters. The van der Waals surface area contributed by atoms with E-state index in [-0.39, 0.29) is 11.9 Å². The minimum Gasteiger partial charge on any atom is -0.467 e. The lowest BCUT2D eigenvalue weighted by atomic mass is 10.1. The molecule has 29 heavy (non-hydrogen) atoms. The van der Waals surface area contributed by atoms with Crippen LogP contribution in [0.5, 0.6) is 0 Å². The van der Waals surface area contributed by atoms with Crippen LogP contribution in [-0.2, 0) is 19.6 Å². The van der Waals surface area contributed by atoms with Crippen LogP contribution >= 0.6 is 0 Å². The van der Waals surface area contributed by atoms with Crippen LogP contribution in [0.25, 0.3) is 0 Å². The molecule has 0 aliphatic heterocycles. The van der Waals surface area contributed by atoms with E-state index in [0.29, 0.717) is 31.0 Å². The van der Waals surface area contributed by atoms with Crippen LogP contribution in [-0.4, -0.2) is 23.9 Å². The van der Waals surface area contributed by atoms with Crippen molar-refractivity contribution in [3.63, 3.8) is 0 Å². The molecule has 1 heterocycles. The van der Waals surface area contributed by atoms with Crippen molar-refractivity contribution < 1.29 is 14.0 Å². The molecule has 3 aromatic rings. The van der Waals surface area contributed by atoms with E-state index < -0.39 is 0 Å². The van der Waals surface area contributed by atoms with Crippen molar-refractivity contribution in [1.29, 1.82) is 0 Å². The van der Waals surface area contributed by atoms with E-state index in [1.54, 1.807) is 48.5 Å². The largest absolute Gasteiger partial charge is 0.467 e. The number of aryl methyl sites for hydroxylation is 1. The summed E-state index contributed by atoms with van der Waals surface area (Å²) < 4.78 is 5.21. The lowest BCUT2D eigenvalue weighted by molar-refractivity contribution is 0.0948. The first-order valence-electron chi connectivity index (χ1n) is 9.46. The molecule has 0 atom stereocenters. The van der Waals surface area contributed by atoms with Crippen LogP contribution < -0.4 is 10.6 Å². The number of benzene rings is 2. The average Bonchev–Trinajstić information content (AvgIpc) is 3.25. The SMILES string of the molecule is Cc1ccccc1CN(C)C(=O)NCc1cccc(C(=O)NCc2ccco2)c1. The number of nitrogens with one attached hydrogen (secondary N) is 2. The van der Waals surface area contributed by atoms with E-state index >= 15 is 0 Å². The van der Waals surface area contributed by atoms with E-state index in [1.807, 2.05) is 37.3 Å². The van der Waals surface area contributed by atoms with Crippen LogP contribution in [0, 0.1) is 6.92 Å². The molecule has 0 aliphatic rings. The van der Waals surface area contributed by atoms with Crippen molar-refractivity contribution in [1.82, 2.24) is 15.5 Å². The van der Waals surface area contributed by atoms with Crippen LogP contribution in [0.4, 0.5) is 4.79 Å². The van der Waals surface area contributed by atoms with Crippen molar-refractivity contribution in [3.05, 3.63) is 94.9 Å². The first kappa shape index (κ1) is 20.2. The summed E-state index contributed by atoms with van der Waals surface area (Å²) >= 11 is 0. The second-order valence-corrected chi connectivity index (χ2v) is 6.90. The van der Waals surface area contributed by atoms with Gasteiger partial charge in [0.2, 0.25) is 0 Å². The van der Waals surface area contributed by atoms with Crippen LogP contribution in [0.1, 0.15) is 32.8 Å². The van der Waals surface area contributed by atoms with Crippen molar-refractivity contribution in [2.24, 2.45) is 0 Å². The zero-order valence-corrected chi connectivity index (χ0v) is 16.6. The number of hydrogen-bond donors (Lipinski definition) is 2. The third-order valence-electron chi connectivity index (χ3n) is 4.65. The number of carbonyl (C=O) groups is 2. The first-order valence-corrected chi connectivity index (χ1v) is 9.46. The highest BCUT2D eigenvalue weighted by Crippen LogP contribution is 2.10. The summed E-state index contributed by atoms with van der Waals surface area (Å²) in [5.74, 6) is 0.504. The van der Waals surface area contributed by atoms with E-state index in [1.165, 1.54) is 0 Å². The molecule has 0 saturated carbocycles. The Bertz CT molecular complexity index is 967. The zero-order valence-electron chi connectivity index (χ0n) is 16.6. The maximum Gasteiger partial charge on any atom is 0.317 e.